The fourth-order valence-electron chi connectivity index (χ4n) is 3.25. The van der Waals surface area contributed by atoms with Gasteiger partial charge in [0.1, 0.15) is 5.82 Å². The molecule has 1 aliphatic rings. The van der Waals surface area contributed by atoms with Crippen LogP contribution in [0.1, 0.15) is 32.1 Å². The average molecular weight is 506 g/mol. The Morgan fingerprint density at radius 3 is 2.46 bits per heavy atom. The third-order valence-electron chi connectivity index (χ3n) is 4.80. The van der Waals surface area contributed by atoms with Gasteiger partial charge in [-0.15, -0.1) is 24.0 Å². The highest BCUT2D eigenvalue weighted by atomic mass is 127. The number of hydrogen-bond donors (Lipinski definition) is 1. The predicted octanol–water partition coefficient (Wildman–Crippen LogP) is 3.26. The Hall–Kier alpha value is -1.58. The standard InChI is InChI=1S/C20H31FN4O2.HI/c1-22-20(23-12-8-4-3-5-11-19(26)27-2)25-15-13-24(14-16-25)18-10-7-6-9-17(18)21;/h6-7,9-10H,3-5,8,11-16H2,1-2H3,(H,22,23);1H. The molecular weight excluding hydrogens is 474 g/mol. The molecule has 1 saturated heterocycles. The molecule has 1 heterocycles. The van der Waals surface area contributed by atoms with Gasteiger partial charge in [-0.2, -0.15) is 0 Å². The number of rotatable bonds is 8. The number of carbonyl (C=O) groups excluding carboxylic acids is 1. The van der Waals surface area contributed by atoms with Gasteiger partial charge in [-0.1, -0.05) is 25.0 Å². The number of nitrogens with one attached hydrogen (secondary N) is 1. The largest absolute Gasteiger partial charge is 0.469 e. The molecule has 6 nitrogen and oxygen atoms in total. The van der Waals surface area contributed by atoms with Crippen LogP contribution in [0.15, 0.2) is 29.3 Å². The fraction of sp³-hybridized carbons (Fsp3) is 0.600. The highest BCUT2D eigenvalue weighted by Gasteiger charge is 2.21. The maximum Gasteiger partial charge on any atom is 0.305 e. The summed E-state index contributed by atoms with van der Waals surface area (Å²) in [7, 11) is 3.22. The molecule has 2 rings (SSSR count). The number of nitrogens with zero attached hydrogens (tertiary/aromatic N) is 3. The normalized spacial score (nSPS) is 14.5. The molecule has 28 heavy (non-hydrogen) atoms. The molecule has 0 unspecified atom stereocenters. The lowest BCUT2D eigenvalue weighted by molar-refractivity contribution is -0.140. The molecule has 158 valence electrons. The highest BCUT2D eigenvalue weighted by Crippen LogP contribution is 2.20. The summed E-state index contributed by atoms with van der Waals surface area (Å²) >= 11 is 0. The van der Waals surface area contributed by atoms with Crippen LogP contribution >= 0.6 is 24.0 Å². The van der Waals surface area contributed by atoms with Crippen molar-refractivity contribution in [2.45, 2.75) is 32.1 Å². The van der Waals surface area contributed by atoms with Crippen LogP contribution in [0, 0.1) is 5.82 Å². The van der Waals surface area contributed by atoms with E-state index >= 15 is 0 Å². The van der Waals surface area contributed by atoms with E-state index in [4.69, 9.17) is 0 Å². The van der Waals surface area contributed by atoms with Gasteiger partial charge in [0.05, 0.1) is 12.8 Å². The molecule has 1 aliphatic heterocycles. The summed E-state index contributed by atoms with van der Waals surface area (Å²) in [5, 5.41) is 3.41. The Morgan fingerprint density at radius 1 is 1.14 bits per heavy atom. The smallest absolute Gasteiger partial charge is 0.305 e. The number of hydrogen-bond acceptors (Lipinski definition) is 4. The van der Waals surface area contributed by atoms with E-state index in [9.17, 15) is 9.18 Å². The van der Waals surface area contributed by atoms with Crippen molar-refractivity contribution in [2.75, 3.05) is 51.8 Å². The van der Waals surface area contributed by atoms with Gasteiger partial charge in [0.2, 0.25) is 0 Å². The number of methoxy groups -OCH3 is 1. The lowest BCUT2D eigenvalue weighted by Gasteiger charge is -2.37. The number of benzene rings is 1. The second kappa shape index (κ2) is 13.6. The van der Waals surface area contributed by atoms with E-state index in [1.165, 1.54) is 13.2 Å². The van der Waals surface area contributed by atoms with Crippen LogP contribution in [0.2, 0.25) is 0 Å². The summed E-state index contributed by atoms with van der Waals surface area (Å²) in [6, 6.07) is 6.93. The number of guanidine groups is 1. The van der Waals surface area contributed by atoms with Crippen molar-refractivity contribution in [1.29, 1.82) is 0 Å². The molecule has 0 saturated carbocycles. The monoisotopic (exact) mass is 506 g/mol. The van der Waals surface area contributed by atoms with Crippen LogP contribution in [-0.4, -0.2) is 63.7 Å². The van der Waals surface area contributed by atoms with E-state index in [2.05, 4.69) is 24.8 Å². The van der Waals surface area contributed by atoms with Crippen molar-refractivity contribution in [3.05, 3.63) is 30.1 Å². The molecular formula is C20H32FIN4O2. The van der Waals surface area contributed by atoms with Crippen LogP contribution in [0.25, 0.3) is 0 Å². The summed E-state index contributed by atoms with van der Waals surface area (Å²) in [4.78, 5) is 19.7. The second-order valence-corrected chi connectivity index (χ2v) is 6.64. The molecule has 0 radical (unpaired) electrons. The van der Waals surface area contributed by atoms with Gasteiger partial charge in [0.15, 0.2) is 5.96 Å². The number of piperazine rings is 1. The van der Waals surface area contributed by atoms with Crippen molar-refractivity contribution >= 4 is 41.6 Å². The molecule has 0 aliphatic carbocycles. The Labute approximate surface area is 184 Å². The van der Waals surface area contributed by atoms with Crippen LogP contribution in [-0.2, 0) is 9.53 Å². The first-order valence-corrected chi connectivity index (χ1v) is 9.67. The Morgan fingerprint density at radius 2 is 1.82 bits per heavy atom. The van der Waals surface area contributed by atoms with Crippen molar-refractivity contribution < 1.29 is 13.9 Å². The molecule has 1 fully saturated rings. The highest BCUT2D eigenvalue weighted by molar-refractivity contribution is 14.0. The third-order valence-corrected chi connectivity index (χ3v) is 4.80. The molecule has 0 aromatic heterocycles. The topological polar surface area (TPSA) is 57.2 Å². The van der Waals surface area contributed by atoms with E-state index in [1.54, 1.807) is 13.1 Å². The van der Waals surface area contributed by atoms with E-state index in [-0.39, 0.29) is 35.8 Å². The molecule has 1 N–H and O–H groups in total. The Kier molecular flexibility index (Phi) is 11.9. The van der Waals surface area contributed by atoms with E-state index in [0.717, 1.165) is 64.4 Å². The minimum Gasteiger partial charge on any atom is -0.469 e. The number of anilines is 1. The van der Waals surface area contributed by atoms with Gasteiger partial charge in [-0.25, -0.2) is 4.39 Å². The number of esters is 1. The first-order valence-electron chi connectivity index (χ1n) is 9.67. The van der Waals surface area contributed by atoms with Crippen LogP contribution in [0.3, 0.4) is 0 Å². The van der Waals surface area contributed by atoms with Gasteiger partial charge < -0.3 is 19.9 Å². The Balaban J connectivity index is 0.00000392. The Bertz CT molecular complexity index is 622. The molecule has 0 atom stereocenters. The average Bonchev–Trinajstić information content (AvgIpc) is 2.70. The van der Waals surface area contributed by atoms with Gasteiger partial charge in [0.25, 0.3) is 0 Å². The van der Waals surface area contributed by atoms with Gasteiger partial charge in [-0.05, 0) is 25.0 Å². The van der Waals surface area contributed by atoms with Crippen LogP contribution in [0.5, 0.6) is 0 Å². The fourth-order valence-corrected chi connectivity index (χ4v) is 3.25. The zero-order chi connectivity index (χ0) is 19.5. The first kappa shape index (κ1) is 24.5. The number of carbonyl (C=O) groups is 1. The summed E-state index contributed by atoms with van der Waals surface area (Å²) < 4.78 is 18.6. The number of para-hydroxylation sites is 1. The molecule has 1 aromatic rings. The zero-order valence-corrected chi connectivity index (χ0v) is 19.2. The molecule has 0 bridgehead atoms. The minimum absolute atomic E-state index is 0. The quantitative estimate of drug-likeness (QED) is 0.193. The van der Waals surface area contributed by atoms with Gasteiger partial charge in [-0.3, -0.25) is 9.79 Å². The SMILES string of the molecule is CN=C(NCCCCCCC(=O)OC)N1CCN(c2ccccc2F)CC1.I. The summed E-state index contributed by atoms with van der Waals surface area (Å²) in [6.07, 6.45) is 4.51. The molecule has 8 heteroatoms. The first-order chi connectivity index (χ1) is 13.2. The van der Waals surface area contributed by atoms with Crippen LogP contribution < -0.4 is 10.2 Å². The second-order valence-electron chi connectivity index (χ2n) is 6.64. The van der Waals surface area contributed by atoms with Crippen molar-refractivity contribution in [1.82, 2.24) is 10.2 Å². The predicted molar refractivity (Wildman–Crippen MR) is 122 cm³/mol. The van der Waals surface area contributed by atoms with E-state index < -0.39 is 0 Å². The number of aliphatic imine (C=N–C) groups is 1. The number of halogens is 2. The van der Waals surface area contributed by atoms with Crippen LogP contribution in [0.4, 0.5) is 10.1 Å². The minimum atomic E-state index is -0.166. The third kappa shape index (κ3) is 7.81. The maximum absolute atomic E-state index is 13.9. The summed E-state index contributed by atoms with van der Waals surface area (Å²) in [5.74, 6) is 0.599. The zero-order valence-electron chi connectivity index (χ0n) is 16.8. The van der Waals surface area contributed by atoms with E-state index in [1.807, 2.05) is 12.1 Å². The van der Waals surface area contributed by atoms with Gasteiger partial charge >= 0.3 is 5.97 Å². The lowest BCUT2D eigenvalue weighted by atomic mass is 10.1. The lowest BCUT2D eigenvalue weighted by Crippen LogP contribution is -2.52. The molecule has 0 amide bonds. The van der Waals surface area contributed by atoms with Crippen molar-refractivity contribution in [2.24, 2.45) is 4.99 Å². The summed E-state index contributed by atoms with van der Waals surface area (Å²) in [5.41, 5.74) is 0.673. The van der Waals surface area contributed by atoms with Crippen molar-refractivity contribution in [3.63, 3.8) is 0 Å². The van der Waals surface area contributed by atoms with Gasteiger partial charge in [0, 0.05) is 46.2 Å². The molecule has 0 spiro atoms. The van der Waals surface area contributed by atoms with E-state index in [0.29, 0.717) is 12.1 Å². The maximum atomic E-state index is 13.9. The van der Waals surface area contributed by atoms with Crippen molar-refractivity contribution in [3.8, 4) is 0 Å². The number of unbranched alkanes of at least 4 members (excludes halogenated alkanes) is 3. The summed E-state index contributed by atoms with van der Waals surface area (Å²) in [6.45, 7) is 4.03. The molecule has 1 aromatic carbocycles. The number of ether oxygens (including phenoxy) is 1.